The van der Waals surface area contributed by atoms with E-state index in [-0.39, 0.29) is 5.54 Å². The van der Waals surface area contributed by atoms with Crippen molar-refractivity contribution in [1.82, 2.24) is 15.1 Å². The van der Waals surface area contributed by atoms with Crippen molar-refractivity contribution in [3.05, 3.63) is 0 Å². The van der Waals surface area contributed by atoms with Gasteiger partial charge in [-0.2, -0.15) is 0 Å². The highest BCUT2D eigenvalue weighted by molar-refractivity contribution is 4.94. The molecule has 1 atom stereocenters. The second kappa shape index (κ2) is 8.03. The van der Waals surface area contributed by atoms with Crippen molar-refractivity contribution in [2.24, 2.45) is 5.41 Å². The minimum Gasteiger partial charge on any atom is -0.380 e. The minimum absolute atomic E-state index is 0.227. The first-order valence-electron chi connectivity index (χ1n) is 9.87. The summed E-state index contributed by atoms with van der Waals surface area (Å²) in [6.45, 7) is 20.1. The maximum absolute atomic E-state index is 5.50. The summed E-state index contributed by atoms with van der Waals surface area (Å²) in [4.78, 5) is 5.12. The lowest BCUT2D eigenvalue weighted by molar-refractivity contribution is 0.0690. The molecule has 2 heterocycles. The summed E-state index contributed by atoms with van der Waals surface area (Å²) in [5, 5.41) is 3.88. The number of nitrogens with one attached hydrogen (secondary N) is 1. The summed E-state index contributed by atoms with van der Waals surface area (Å²) in [6.07, 6.45) is 4.14. The molecule has 0 bridgehead atoms. The predicted octanol–water partition coefficient (Wildman–Crippen LogP) is 2.97. The Kier molecular flexibility index (Phi) is 6.74. The molecule has 1 unspecified atom stereocenters. The first-order valence-corrected chi connectivity index (χ1v) is 9.87. The Morgan fingerprint density at radius 1 is 1.08 bits per heavy atom. The maximum atomic E-state index is 5.50. The molecule has 0 aromatic heterocycles. The van der Waals surface area contributed by atoms with Gasteiger partial charge in [0.05, 0.1) is 6.10 Å². The third kappa shape index (κ3) is 5.98. The largest absolute Gasteiger partial charge is 0.380 e. The van der Waals surface area contributed by atoms with E-state index in [4.69, 9.17) is 4.74 Å². The van der Waals surface area contributed by atoms with Crippen LogP contribution >= 0.6 is 0 Å². The van der Waals surface area contributed by atoms with Crippen molar-refractivity contribution >= 4 is 0 Å². The van der Waals surface area contributed by atoms with E-state index in [2.05, 4.69) is 56.7 Å². The van der Waals surface area contributed by atoms with E-state index in [0.717, 1.165) is 6.54 Å². The third-order valence-corrected chi connectivity index (χ3v) is 5.88. The number of ether oxygens (including phenoxy) is 1. The van der Waals surface area contributed by atoms with Gasteiger partial charge in [0.15, 0.2) is 0 Å². The van der Waals surface area contributed by atoms with Gasteiger partial charge in [0.1, 0.15) is 0 Å². The van der Waals surface area contributed by atoms with Crippen LogP contribution in [-0.4, -0.2) is 73.4 Å². The van der Waals surface area contributed by atoms with Crippen molar-refractivity contribution in [1.29, 1.82) is 0 Å². The second-order valence-corrected chi connectivity index (χ2v) is 9.82. The molecule has 2 fully saturated rings. The number of hydrogen-bond acceptors (Lipinski definition) is 4. The quantitative estimate of drug-likeness (QED) is 0.699. The zero-order valence-electron chi connectivity index (χ0n) is 17.2. The summed E-state index contributed by atoms with van der Waals surface area (Å²) in [7, 11) is 1.84. The van der Waals surface area contributed by atoms with Gasteiger partial charge in [0.25, 0.3) is 0 Å². The van der Waals surface area contributed by atoms with E-state index >= 15 is 0 Å². The fraction of sp³-hybridized carbons (Fsp3) is 1.00. The molecule has 2 aliphatic heterocycles. The zero-order chi connectivity index (χ0) is 18.0. The molecule has 2 aliphatic rings. The van der Waals surface area contributed by atoms with Crippen LogP contribution in [0.4, 0.5) is 0 Å². The highest BCUT2D eigenvalue weighted by Crippen LogP contribution is 2.30. The zero-order valence-corrected chi connectivity index (χ0v) is 17.2. The highest BCUT2D eigenvalue weighted by atomic mass is 16.5. The third-order valence-electron chi connectivity index (χ3n) is 5.88. The summed E-state index contributed by atoms with van der Waals surface area (Å²) in [5.74, 6) is 0. The molecule has 142 valence electrons. The lowest BCUT2D eigenvalue weighted by Crippen LogP contribution is -2.64. The molecule has 0 aromatic rings. The van der Waals surface area contributed by atoms with E-state index in [1.165, 1.54) is 45.4 Å². The Morgan fingerprint density at radius 2 is 1.75 bits per heavy atom. The molecule has 2 saturated heterocycles. The fourth-order valence-corrected chi connectivity index (χ4v) is 4.12. The molecule has 0 aliphatic carbocycles. The van der Waals surface area contributed by atoms with Crippen molar-refractivity contribution < 1.29 is 4.74 Å². The topological polar surface area (TPSA) is 27.7 Å². The van der Waals surface area contributed by atoms with Gasteiger partial charge in [-0.05, 0) is 52.4 Å². The summed E-state index contributed by atoms with van der Waals surface area (Å²) < 4.78 is 5.50. The van der Waals surface area contributed by atoms with Gasteiger partial charge in [-0.15, -0.1) is 0 Å². The van der Waals surface area contributed by atoms with Crippen molar-refractivity contribution in [2.75, 3.05) is 39.8 Å². The van der Waals surface area contributed by atoms with Crippen LogP contribution in [0, 0.1) is 5.41 Å². The molecule has 4 heteroatoms. The number of rotatable bonds is 9. The van der Waals surface area contributed by atoms with Gasteiger partial charge >= 0.3 is 0 Å². The summed E-state index contributed by atoms with van der Waals surface area (Å²) in [6, 6.07) is 1.35. The number of likely N-dealkylation sites (tertiary alicyclic amines) is 2. The average Bonchev–Trinajstić information content (AvgIpc) is 2.87. The van der Waals surface area contributed by atoms with Crippen molar-refractivity contribution in [2.45, 2.75) is 84.5 Å². The molecule has 0 saturated carbocycles. The Bertz CT molecular complexity index is 388. The van der Waals surface area contributed by atoms with Crippen LogP contribution < -0.4 is 5.32 Å². The van der Waals surface area contributed by atoms with Gasteiger partial charge in [-0.25, -0.2) is 0 Å². The average molecular weight is 340 g/mol. The van der Waals surface area contributed by atoms with E-state index < -0.39 is 0 Å². The normalized spacial score (nSPS) is 24.8. The Balaban J connectivity index is 1.70. The van der Waals surface area contributed by atoms with Crippen LogP contribution in [0.1, 0.15) is 60.8 Å². The van der Waals surface area contributed by atoms with Crippen molar-refractivity contribution in [3.8, 4) is 0 Å². The molecule has 1 N–H and O–H groups in total. The van der Waals surface area contributed by atoms with E-state index in [9.17, 15) is 0 Å². The Labute approximate surface area is 150 Å². The lowest BCUT2D eigenvalue weighted by Gasteiger charge is -2.46. The first-order chi connectivity index (χ1) is 11.1. The summed E-state index contributed by atoms with van der Waals surface area (Å²) in [5.41, 5.74) is 0.593. The van der Waals surface area contributed by atoms with Crippen LogP contribution in [0.5, 0.6) is 0 Å². The Hall–Kier alpha value is -0.160. The minimum atomic E-state index is 0.227. The smallest absolute Gasteiger partial charge is 0.0710 e. The van der Waals surface area contributed by atoms with Crippen LogP contribution in [0.2, 0.25) is 0 Å². The molecule has 4 nitrogen and oxygen atoms in total. The van der Waals surface area contributed by atoms with E-state index in [1.807, 2.05) is 7.11 Å². The van der Waals surface area contributed by atoms with E-state index in [1.54, 1.807) is 0 Å². The standard InChI is InChI=1S/C20H41N3O/c1-16(2)23-12-17(13-23)21-20(5,6)10-9-19(3,4)15-22-11-8-18(14-22)24-7/h16-18,21H,8-15H2,1-7H3. The molecule has 0 aromatic carbocycles. The molecule has 0 spiro atoms. The van der Waals surface area contributed by atoms with Gasteiger partial charge < -0.3 is 15.0 Å². The Morgan fingerprint density at radius 3 is 2.29 bits per heavy atom. The molecule has 0 amide bonds. The molecular weight excluding hydrogens is 298 g/mol. The molecule has 0 radical (unpaired) electrons. The predicted molar refractivity (Wildman–Crippen MR) is 103 cm³/mol. The highest BCUT2D eigenvalue weighted by Gasteiger charge is 2.34. The van der Waals surface area contributed by atoms with Gasteiger partial charge in [-0.3, -0.25) is 4.90 Å². The lowest BCUT2D eigenvalue weighted by atomic mass is 9.82. The van der Waals surface area contributed by atoms with Crippen LogP contribution in [-0.2, 0) is 4.74 Å². The summed E-state index contributed by atoms with van der Waals surface area (Å²) >= 11 is 0. The van der Waals surface area contributed by atoms with Crippen LogP contribution in [0.15, 0.2) is 0 Å². The number of methoxy groups -OCH3 is 1. The monoisotopic (exact) mass is 339 g/mol. The molecule has 2 rings (SSSR count). The van der Waals surface area contributed by atoms with Gasteiger partial charge in [-0.1, -0.05) is 13.8 Å². The van der Waals surface area contributed by atoms with Gasteiger partial charge in [0.2, 0.25) is 0 Å². The maximum Gasteiger partial charge on any atom is 0.0710 e. The van der Waals surface area contributed by atoms with Crippen LogP contribution in [0.3, 0.4) is 0 Å². The van der Waals surface area contributed by atoms with Gasteiger partial charge in [0, 0.05) is 57.5 Å². The first kappa shape index (κ1) is 20.2. The fourth-order valence-electron chi connectivity index (χ4n) is 4.12. The number of nitrogens with zero attached hydrogens (tertiary/aromatic N) is 2. The van der Waals surface area contributed by atoms with E-state index in [0.29, 0.717) is 23.6 Å². The van der Waals surface area contributed by atoms with Crippen LogP contribution in [0.25, 0.3) is 0 Å². The second-order valence-electron chi connectivity index (χ2n) is 9.82. The SMILES string of the molecule is COC1CCN(CC(C)(C)CCC(C)(C)NC2CN(C(C)C)C2)C1. The number of hydrogen-bond donors (Lipinski definition) is 1. The molecular formula is C20H41N3O. The molecule has 24 heavy (non-hydrogen) atoms. The van der Waals surface area contributed by atoms with Crippen molar-refractivity contribution in [3.63, 3.8) is 0 Å².